The molecule has 5 aromatic carbocycles. The van der Waals surface area contributed by atoms with Crippen LogP contribution in [0.3, 0.4) is 0 Å². The lowest BCUT2D eigenvalue weighted by Gasteiger charge is -2.32. The van der Waals surface area contributed by atoms with E-state index in [9.17, 15) is 0 Å². The second kappa shape index (κ2) is 7.32. The Hall–Kier alpha value is -4.36. The number of allylic oxidation sites excluding steroid dienone is 4. The van der Waals surface area contributed by atoms with Gasteiger partial charge in [-0.15, -0.1) is 0 Å². The van der Waals surface area contributed by atoms with E-state index in [1.807, 2.05) is 0 Å². The van der Waals surface area contributed by atoms with Crippen molar-refractivity contribution in [3.63, 3.8) is 0 Å². The van der Waals surface area contributed by atoms with Crippen molar-refractivity contribution in [1.29, 1.82) is 0 Å². The molecule has 8 rings (SSSR count). The number of hydrogen-bond acceptors (Lipinski definition) is 1. The first-order valence-corrected chi connectivity index (χ1v) is 12.8. The second-order valence-electron chi connectivity index (χ2n) is 10.1. The average molecular weight is 460 g/mol. The summed E-state index contributed by atoms with van der Waals surface area (Å²) in [5.41, 5.74) is 13.3. The van der Waals surface area contributed by atoms with Gasteiger partial charge in [0.2, 0.25) is 0 Å². The summed E-state index contributed by atoms with van der Waals surface area (Å²) in [5.74, 6) is 0. The van der Waals surface area contributed by atoms with E-state index < -0.39 is 0 Å². The fourth-order valence-corrected chi connectivity index (χ4v) is 6.88. The van der Waals surface area contributed by atoms with Crippen LogP contribution in [-0.2, 0) is 5.41 Å². The zero-order chi connectivity index (χ0) is 23.7. The van der Waals surface area contributed by atoms with E-state index in [0.29, 0.717) is 0 Å². The summed E-state index contributed by atoms with van der Waals surface area (Å²) < 4.78 is 0. The maximum absolute atomic E-state index is 3.72. The molecule has 0 heterocycles. The maximum atomic E-state index is 3.72. The molecule has 5 aromatic rings. The third-order valence-electron chi connectivity index (χ3n) is 8.31. The molecule has 0 saturated carbocycles. The predicted octanol–water partition coefficient (Wildman–Crippen LogP) is 9.02. The van der Waals surface area contributed by atoms with Crippen LogP contribution in [0.4, 0.5) is 11.4 Å². The van der Waals surface area contributed by atoms with E-state index in [2.05, 4.69) is 127 Å². The molecule has 3 aliphatic rings. The molecule has 36 heavy (non-hydrogen) atoms. The molecule has 0 bridgehead atoms. The summed E-state index contributed by atoms with van der Waals surface area (Å²) in [4.78, 5) is 0. The Kier molecular flexibility index (Phi) is 4.05. The molecule has 0 unspecified atom stereocenters. The highest BCUT2D eigenvalue weighted by Gasteiger charge is 2.52. The van der Waals surface area contributed by atoms with Crippen molar-refractivity contribution in [3.8, 4) is 11.1 Å². The van der Waals surface area contributed by atoms with Crippen LogP contribution >= 0.6 is 0 Å². The molecule has 0 aromatic heterocycles. The number of rotatable bonds is 2. The zero-order valence-electron chi connectivity index (χ0n) is 20.0. The van der Waals surface area contributed by atoms with Crippen LogP contribution in [0.2, 0.25) is 0 Å². The zero-order valence-corrected chi connectivity index (χ0v) is 20.0. The van der Waals surface area contributed by atoms with Crippen LogP contribution in [-0.4, -0.2) is 0 Å². The highest BCUT2D eigenvalue weighted by atomic mass is 14.9. The topological polar surface area (TPSA) is 12.0 Å². The summed E-state index contributed by atoms with van der Waals surface area (Å²) in [5, 5.41) is 6.24. The largest absolute Gasteiger partial charge is 0.355 e. The number of nitrogens with one attached hydrogen (secondary N) is 1. The molecule has 0 saturated heterocycles. The van der Waals surface area contributed by atoms with Gasteiger partial charge in [0.15, 0.2) is 0 Å². The predicted molar refractivity (Wildman–Crippen MR) is 151 cm³/mol. The van der Waals surface area contributed by atoms with Crippen LogP contribution in [0.15, 0.2) is 127 Å². The molecule has 3 aliphatic carbocycles. The van der Waals surface area contributed by atoms with E-state index in [0.717, 1.165) is 24.2 Å². The van der Waals surface area contributed by atoms with E-state index in [4.69, 9.17) is 0 Å². The van der Waals surface area contributed by atoms with Gasteiger partial charge in [0, 0.05) is 11.4 Å². The quantitative estimate of drug-likeness (QED) is 0.278. The van der Waals surface area contributed by atoms with E-state index in [1.54, 1.807) is 0 Å². The molecular formula is C35H25N. The Morgan fingerprint density at radius 3 is 2.03 bits per heavy atom. The van der Waals surface area contributed by atoms with Gasteiger partial charge in [0.05, 0.1) is 5.41 Å². The first-order chi connectivity index (χ1) is 17.8. The summed E-state index contributed by atoms with van der Waals surface area (Å²) >= 11 is 0. The van der Waals surface area contributed by atoms with Gasteiger partial charge < -0.3 is 5.32 Å². The lowest BCUT2D eigenvalue weighted by atomic mass is 9.69. The fourth-order valence-electron chi connectivity index (χ4n) is 6.88. The van der Waals surface area contributed by atoms with Gasteiger partial charge in [-0.3, -0.25) is 0 Å². The first kappa shape index (κ1) is 19.9. The lowest BCUT2D eigenvalue weighted by Crippen LogP contribution is -2.27. The van der Waals surface area contributed by atoms with Crippen LogP contribution < -0.4 is 5.32 Å². The molecule has 1 heteroatoms. The van der Waals surface area contributed by atoms with Gasteiger partial charge in [0.25, 0.3) is 0 Å². The summed E-state index contributed by atoms with van der Waals surface area (Å²) in [6.07, 6.45) is 6.98. The van der Waals surface area contributed by atoms with Gasteiger partial charge in [-0.1, -0.05) is 97.1 Å². The maximum Gasteiger partial charge on any atom is 0.0722 e. The van der Waals surface area contributed by atoms with E-state index >= 15 is 0 Å². The molecule has 170 valence electrons. The van der Waals surface area contributed by atoms with E-state index in [-0.39, 0.29) is 5.41 Å². The lowest BCUT2D eigenvalue weighted by molar-refractivity contribution is 0.781. The molecule has 1 spiro atoms. The van der Waals surface area contributed by atoms with Gasteiger partial charge in [-0.2, -0.15) is 0 Å². The first-order valence-electron chi connectivity index (χ1n) is 12.8. The second-order valence-corrected chi connectivity index (χ2v) is 10.1. The van der Waals surface area contributed by atoms with Crippen LogP contribution in [0.25, 0.3) is 27.5 Å². The molecule has 0 radical (unpaired) electrons. The number of hydrogen-bond donors (Lipinski definition) is 1. The van der Waals surface area contributed by atoms with Gasteiger partial charge in [-0.05, 0) is 92.4 Å². The number of fused-ring (bicyclic) bond motifs is 10. The van der Waals surface area contributed by atoms with Crippen molar-refractivity contribution < 1.29 is 0 Å². The third-order valence-corrected chi connectivity index (χ3v) is 8.31. The van der Waals surface area contributed by atoms with Crippen molar-refractivity contribution in [2.75, 3.05) is 5.32 Å². The SMILES string of the molecule is C1=CC2=C(CC1)c1ccc(Nc3ccc4ccccc4c3)cc1C21c2ccccc2-c2ccccc21. The Morgan fingerprint density at radius 2 is 1.22 bits per heavy atom. The molecule has 1 N–H and O–H groups in total. The third kappa shape index (κ3) is 2.55. The van der Waals surface area contributed by atoms with Gasteiger partial charge in [-0.25, -0.2) is 0 Å². The molecule has 0 aliphatic heterocycles. The summed E-state index contributed by atoms with van der Waals surface area (Å²) in [7, 11) is 0. The molecule has 1 nitrogen and oxygen atoms in total. The van der Waals surface area contributed by atoms with Crippen molar-refractivity contribution in [1.82, 2.24) is 0 Å². The molecule has 0 fully saturated rings. The number of anilines is 2. The number of benzene rings is 5. The standard InChI is InChI=1S/C35H25N/c1-2-10-24-21-25(18-17-23(24)9-1)36-26-19-20-30-29-13-5-8-16-33(29)35(34(30)22-26)31-14-6-3-11-27(31)28-12-4-7-15-32(28)35/h1-4,6-12,14-22,36H,5,13H2. The smallest absolute Gasteiger partial charge is 0.0722 e. The van der Waals surface area contributed by atoms with Crippen LogP contribution in [0.1, 0.15) is 35.1 Å². The highest BCUT2D eigenvalue weighted by molar-refractivity contribution is 5.96. The summed E-state index contributed by atoms with van der Waals surface area (Å²) in [6.45, 7) is 0. The normalized spacial score (nSPS) is 16.1. The highest BCUT2D eigenvalue weighted by Crippen LogP contribution is 2.63. The van der Waals surface area contributed by atoms with Crippen LogP contribution in [0, 0.1) is 0 Å². The van der Waals surface area contributed by atoms with Crippen molar-refractivity contribution in [2.24, 2.45) is 0 Å². The molecule has 0 atom stereocenters. The van der Waals surface area contributed by atoms with Crippen molar-refractivity contribution in [3.05, 3.63) is 149 Å². The van der Waals surface area contributed by atoms with Gasteiger partial charge >= 0.3 is 0 Å². The van der Waals surface area contributed by atoms with Crippen LogP contribution in [0.5, 0.6) is 0 Å². The minimum atomic E-state index is -0.254. The monoisotopic (exact) mass is 459 g/mol. The Labute approximate surface area is 211 Å². The Balaban J connectivity index is 1.35. The minimum Gasteiger partial charge on any atom is -0.355 e. The Morgan fingerprint density at radius 1 is 0.556 bits per heavy atom. The molecular weight excluding hydrogens is 434 g/mol. The molecule has 0 amide bonds. The van der Waals surface area contributed by atoms with Gasteiger partial charge in [0.1, 0.15) is 0 Å². The Bertz CT molecular complexity index is 1720. The van der Waals surface area contributed by atoms with E-state index in [1.165, 1.54) is 55.3 Å². The minimum absolute atomic E-state index is 0.254. The fraction of sp³-hybridized carbons (Fsp3) is 0.0857. The average Bonchev–Trinajstić information content (AvgIpc) is 3.40. The van der Waals surface area contributed by atoms with Crippen molar-refractivity contribution >= 4 is 27.7 Å². The summed E-state index contributed by atoms with van der Waals surface area (Å²) in [6, 6.07) is 40.2. The van der Waals surface area contributed by atoms with Crippen molar-refractivity contribution in [2.45, 2.75) is 18.3 Å².